The summed E-state index contributed by atoms with van der Waals surface area (Å²) in [6, 6.07) is 0.567. The normalized spacial score (nSPS) is 49.5. The molecule has 1 heterocycles. The lowest BCUT2D eigenvalue weighted by atomic mass is 9.67. The topological polar surface area (TPSA) is 24.4 Å². The first-order valence-electron chi connectivity index (χ1n) is 5.00. The number of hydrazone groups is 1. The van der Waals surface area contributed by atoms with E-state index in [1.54, 1.807) is 0 Å². The Balaban J connectivity index is 2.26. The Labute approximate surface area is 93.7 Å². The van der Waals surface area contributed by atoms with Crippen LogP contribution in [0.15, 0.2) is 5.10 Å². The molecule has 0 bridgehead atoms. The van der Waals surface area contributed by atoms with Crippen molar-refractivity contribution >= 4 is 28.3 Å². The molecule has 1 aliphatic carbocycles. The van der Waals surface area contributed by atoms with Gasteiger partial charge in [0.25, 0.3) is 0 Å². The van der Waals surface area contributed by atoms with Crippen LogP contribution in [0.25, 0.3) is 0 Å². The van der Waals surface area contributed by atoms with Crippen molar-refractivity contribution in [3.8, 4) is 0 Å². The lowest BCUT2D eigenvalue weighted by Crippen LogP contribution is -2.50. The molecule has 1 saturated carbocycles. The average Bonchev–Trinajstić information content (AvgIpc) is 2.39. The SMILES string of the molecule is CC1=NNC2C(I)C(C)CCC12C. The van der Waals surface area contributed by atoms with Crippen LogP contribution in [-0.4, -0.2) is 15.7 Å². The number of hydrogen-bond acceptors (Lipinski definition) is 2. The fraction of sp³-hybridized carbons (Fsp3) is 0.900. The number of nitrogens with one attached hydrogen (secondary N) is 1. The van der Waals surface area contributed by atoms with Gasteiger partial charge in [0.05, 0.1) is 6.04 Å². The minimum Gasteiger partial charge on any atom is -0.305 e. The van der Waals surface area contributed by atoms with Gasteiger partial charge in [0.15, 0.2) is 0 Å². The maximum atomic E-state index is 4.40. The summed E-state index contributed by atoms with van der Waals surface area (Å²) in [6.45, 7) is 6.87. The van der Waals surface area contributed by atoms with E-state index in [1.165, 1.54) is 18.6 Å². The molecule has 1 aliphatic heterocycles. The summed E-state index contributed by atoms with van der Waals surface area (Å²) < 4.78 is 0.720. The maximum absolute atomic E-state index is 4.40. The van der Waals surface area contributed by atoms with Gasteiger partial charge in [-0.15, -0.1) is 0 Å². The summed E-state index contributed by atoms with van der Waals surface area (Å²) in [5, 5.41) is 4.40. The molecule has 0 aromatic heterocycles. The third kappa shape index (κ3) is 1.30. The number of alkyl halides is 1. The molecule has 13 heavy (non-hydrogen) atoms. The standard InChI is InChI=1S/C10H17IN2/c1-6-4-5-10(3)7(2)12-13-9(10)8(6)11/h6,8-9,13H,4-5H2,1-3H3. The molecule has 0 aromatic rings. The summed E-state index contributed by atoms with van der Waals surface area (Å²) in [6.07, 6.45) is 2.63. The molecule has 4 unspecified atom stereocenters. The van der Waals surface area contributed by atoms with E-state index < -0.39 is 0 Å². The van der Waals surface area contributed by atoms with Gasteiger partial charge >= 0.3 is 0 Å². The molecule has 1 N–H and O–H groups in total. The molecule has 0 amide bonds. The lowest BCUT2D eigenvalue weighted by molar-refractivity contribution is 0.218. The van der Waals surface area contributed by atoms with Crippen LogP contribution in [0.5, 0.6) is 0 Å². The summed E-state index contributed by atoms with van der Waals surface area (Å²) in [5.74, 6) is 0.826. The minimum absolute atomic E-state index is 0.332. The van der Waals surface area contributed by atoms with Crippen LogP contribution in [0.2, 0.25) is 0 Å². The molecular formula is C10H17IN2. The average molecular weight is 292 g/mol. The number of halogens is 1. The van der Waals surface area contributed by atoms with Crippen molar-refractivity contribution in [3.63, 3.8) is 0 Å². The molecule has 2 nitrogen and oxygen atoms in total. The van der Waals surface area contributed by atoms with Crippen molar-refractivity contribution < 1.29 is 0 Å². The van der Waals surface area contributed by atoms with E-state index in [0.29, 0.717) is 11.5 Å². The fourth-order valence-corrected chi connectivity index (χ4v) is 3.75. The number of fused-ring (bicyclic) bond motifs is 1. The van der Waals surface area contributed by atoms with Crippen LogP contribution in [-0.2, 0) is 0 Å². The highest BCUT2D eigenvalue weighted by Crippen LogP contribution is 2.45. The molecule has 0 aromatic carbocycles. The second-order valence-corrected chi connectivity index (χ2v) is 6.12. The van der Waals surface area contributed by atoms with Gasteiger partial charge in [-0.1, -0.05) is 36.4 Å². The van der Waals surface area contributed by atoms with E-state index in [4.69, 9.17) is 0 Å². The van der Waals surface area contributed by atoms with E-state index in [9.17, 15) is 0 Å². The zero-order valence-corrected chi connectivity index (χ0v) is 10.6. The number of nitrogens with zero attached hydrogens (tertiary/aromatic N) is 1. The van der Waals surface area contributed by atoms with Crippen molar-refractivity contribution in [1.82, 2.24) is 5.43 Å². The fourth-order valence-electron chi connectivity index (χ4n) is 2.44. The van der Waals surface area contributed by atoms with Gasteiger partial charge < -0.3 is 5.43 Å². The van der Waals surface area contributed by atoms with Crippen LogP contribution < -0.4 is 5.43 Å². The van der Waals surface area contributed by atoms with Gasteiger partial charge in [-0.05, 0) is 25.7 Å². The van der Waals surface area contributed by atoms with Crippen molar-refractivity contribution in [2.24, 2.45) is 16.4 Å². The van der Waals surface area contributed by atoms with Crippen molar-refractivity contribution in [2.45, 2.75) is 43.6 Å². The monoisotopic (exact) mass is 292 g/mol. The van der Waals surface area contributed by atoms with Crippen LogP contribution in [0, 0.1) is 11.3 Å². The van der Waals surface area contributed by atoms with E-state index in [1.807, 2.05) is 0 Å². The zero-order valence-electron chi connectivity index (χ0n) is 8.47. The first kappa shape index (κ1) is 9.74. The smallest absolute Gasteiger partial charge is 0.0666 e. The Bertz CT molecular complexity index is 251. The Morgan fingerprint density at radius 1 is 1.62 bits per heavy atom. The molecule has 1 fully saturated rings. The molecule has 0 radical (unpaired) electrons. The van der Waals surface area contributed by atoms with Crippen LogP contribution >= 0.6 is 22.6 Å². The van der Waals surface area contributed by atoms with Gasteiger partial charge in [-0.25, -0.2) is 0 Å². The zero-order chi connectivity index (χ0) is 9.64. The largest absolute Gasteiger partial charge is 0.305 e. The van der Waals surface area contributed by atoms with Gasteiger partial charge in [0.2, 0.25) is 0 Å². The predicted molar refractivity (Wildman–Crippen MR) is 64.3 cm³/mol. The van der Waals surface area contributed by atoms with Crippen molar-refractivity contribution in [3.05, 3.63) is 0 Å². The molecule has 3 heteroatoms. The molecule has 4 atom stereocenters. The molecule has 0 spiro atoms. The summed E-state index contributed by atoms with van der Waals surface area (Å²) in [5.41, 5.74) is 4.94. The predicted octanol–water partition coefficient (Wildman–Crippen LogP) is 2.57. The van der Waals surface area contributed by atoms with E-state index >= 15 is 0 Å². The molecule has 2 rings (SSSR count). The van der Waals surface area contributed by atoms with Crippen LogP contribution in [0.4, 0.5) is 0 Å². The number of rotatable bonds is 0. The third-order valence-electron chi connectivity index (χ3n) is 3.87. The van der Waals surface area contributed by atoms with Crippen LogP contribution in [0.1, 0.15) is 33.6 Å². The third-order valence-corrected chi connectivity index (χ3v) is 5.81. The highest BCUT2D eigenvalue weighted by Gasteiger charge is 2.49. The van der Waals surface area contributed by atoms with E-state index in [-0.39, 0.29) is 0 Å². The Morgan fingerprint density at radius 2 is 2.31 bits per heavy atom. The Hall–Kier alpha value is 0.200. The van der Waals surface area contributed by atoms with Gasteiger partial charge in [0.1, 0.15) is 0 Å². The summed E-state index contributed by atoms with van der Waals surface area (Å²) >= 11 is 2.58. The number of hydrogen-bond donors (Lipinski definition) is 1. The molecular weight excluding hydrogens is 275 g/mol. The van der Waals surface area contributed by atoms with Crippen molar-refractivity contribution in [1.29, 1.82) is 0 Å². The lowest BCUT2D eigenvalue weighted by Gasteiger charge is -2.42. The van der Waals surface area contributed by atoms with Crippen LogP contribution in [0.3, 0.4) is 0 Å². The quantitative estimate of drug-likeness (QED) is 0.538. The van der Waals surface area contributed by atoms with Gasteiger partial charge in [-0.3, -0.25) is 0 Å². The molecule has 74 valence electrons. The minimum atomic E-state index is 0.332. The van der Waals surface area contributed by atoms with Gasteiger partial charge in [-0.2, -0.15) is 5.10 Å². The molecule has 2 aliphatic rings. The molecule has 0 saturated heterocycles. The first-order chi connectivity index (χ1) is 6.05. The highest BCUT2D eigenvalue weighted by atomic mass is 127. The second kappa shape index (κ2) is 3.11. The Kier molecular flexibility index (Phi) is 2.33. The van der Waals surface area contributed by atoms with E-state index in [0.717, 1.165) is 9.84 Å². The highest BCUT2D eigenvalue weighted by molar-refractivity contribution is 14.1. The van der Waals surface area contributed by atoms with Gasteiger partial charge in [0, 0.05) is 15.1 Å². The first-order valence-corrected chi connectivity index (χ1v) is 6.24. The summed E-state index contributed by atoms with van der Waals surface area (Å²) in [4.78, 5) is 0. The second-order valence-electron chi connectivity index (χ2n) is 4.68. The van der Waals surface area contributed by atoms with E-state index in [2.05, 4.69) is 53.9 Å². The van der Waals surface area contributed by atoms with Crippen molar-refractivity contribution in [2.75, 3.05) is 0 Å². The maximum Gasteiger partial charge on any atom is 0.0666 e. The summed E-state index contributed by atoms with van der Waals surface area (Å²) in [7, 11) is 0. The Morgan fingerprint density at radius 3 is 3.00 bits per heavy atom.